The molecule has 5 heteroatoms. The summed E-state index contributed by atoms with van der Waals surface area (Å²) in [6.07, 6.45) is 0.878. The molecule has 1 aromatic carbocycles. The van der Waals surface area contributed by atoms with Gasteiger partial charge in [-0.15, -0.1) is 0 Å². The van der Waals surface area contributed by atoms with E-state index >= 15 is 0 Å². The van der Waals surface area contributed by atoms with Gasteiger partial charge in [-0.3, -0.25) is 4.68 Å². The van der Waals surface area contributed by atoms with Crippen LogP contribution in [0.1, 0.15) is 36.3 Å². The van der Waals surface area contributed by atoms with Crippen LogP contribution in [0.4, 0.5) is 8.78 Å². The number of nitrogens with one attached hydrogen (secondary N) is 1. The van der Waals surface area contributed by atoms with Gasteiger partial charge in [-0.1, -0.05) is 0 Å². The molecule has 2 aromatic rings. The Morgan fingerprint density at radius 3 is 2.67 bits per heavy atom. The molecule has 114 valence electrons. The van der Waals surface area contributed by atoms with Crippen LogP contribution in [0.2, 0.25) is 0 Å². The average molecular weight is 293 g/mol. The minimum atomic E-state index is -0.414. The number of benzene rings is 1. The molecule has 2 rings (SSSR count). The van der Waals surface area contributed by atoms with Crippen molar-refractivity contribution in [1.82, 2.24) is 15.1 Å². The molecule has 1 heterocycles. The fourth-order valence-electron chi connectivity index (χ4n) is 2.41. The third-order valence-corrected chi connectivity index (χ3v) is 3.53. The molecule has 0 saturated heterocycles. The Hall–Kier alpha value is -1.75. The van der Waals surface area contributed by atoms with Gasteiger partial charge in [-0.25, -0.2) is 8.78 Å². The standard InChI is InChI=1S/C16H21F2N3/c1-11-9-12(2)21(20-11)8-4-7-19-13(3)15-10-14(17)5-6-16(15)18/h5-6,9-10,13,19H,4,7-8H2,1-3H3. The van der Waals surface area contributed by atoms with Gasteiger partial charge in [0, 0.05) is 23.8 Å². The van der Waals surface area contributed by atoms with Crippen LogP contribution >= 0.6 is 0 Å². The number of rotatable bonds is 6. The highest BCUT2D eigenvalue weighted by Gasteiger charge is 2.11. The Bertz CT molecular complexity index is 608. The predicted octanol–water partition coefficient (Wildman–Crippen LogP) is 3.52. The minimum Gasteiger partial charge on any atom is -0.310 e. The first-order valence-electron chi connectivity index (χ1n) is 7.17. The van der Waals surface area contributed by atoms with Crippen LogP contribution < -0.4 is 5.32 Å². The lowest BCUT2D eigenvalue weighted by Crippen LogP contribution is -2.22. The molecule has 0 radical (unpaired) electrons. The predicted molar refractivity (Wildman–Crippen MR) is 79.1 cm³/mol. The van der Waals surface area contributed by atoms with E-state index in [1.165, 1.54) is 12.1 Å². The first-order chi connectivity index (χ1) is 9.97. The second-order valence-corrected chi connectivity index (χ2v) is 5.35. The Morgan fingerprint density at radius 2 is 2.00 bits per heavy atom. The molecule has 1 aromatic heterocycles. The van der Waals surface area contributed by atoms with E-state index in [-0.39, 0.29) is 11.9 Å². The first kappa shape index (κ1) is 15.6. The van der Waals surface area contributed by atoms with Gasteiger partial charge in [-0.05, 0) is 58.0 Å². The number of hydrogen-bond donors (Lipinski definition) is 1. The molecule has 0 aliphatic carbocycles. The molecular weight excluding hydrogens is 272 g/mol. The average Bonchev–Trinajstić information content (AvgIpc) is 2.75. The van der Waals surface area contributed by atoms with Crippen molar-refractivity contribution in [3.63, 3.8) is 0 Å². The summed E-state index contributed by atoms with van der Waals surface area (Å²) in [6, 6.07) is 5.36. The Kier molecular flexibility index (Phi) is 5.07. The fourth-order valence-corrected chi connectivity index (χ4v) is 2.41. The van der Waals surface area contributed by atoms with Gasteiger partial charge >= 0.3 is 0 Å². The molecular formula is C16H21F2N3. The topological polar surface area (TPSA) is 29.9 Å². The number of nitrogens with zero attached hydrogens (tertiary/aromatic N) is 2. The quantitative estimate of drug-likeness (QED) is 0.826. The third-order valence-electron chi connectivity index (χ3n) is 3.53. The summed E-state index contributed by atoms with van der Waals surface area (Å²) >= 11 is 0. The van der Waals surface area contributed by atoms with E-state index in [2.05, 4.69) is 10.4 Å². The van der Waals surface area contributed by atoms with Crippen LogP contribution in [0.15, 0.2) is 24.3 Å². The summed E-state index contributed by atoms with van der Waals surface area (Å²) in [5, 5.41) is 7.61. The number of aryl methyl sites for hydroxylation is 3. The van der Waals surface area contributed by atoms with E-state index in [0.29, 0.717) is 5.56 Å². The second kappa shape index (κ2) is 6.80. The van der Waals surface area contributed by atoms with E-state index in [1.807, 2.05) is 31.5 Å². The van der Waals surface area contributed by atoms with Crippen molar-refractivity contribution in [1.29, 1.82) is 0 Å². The highest BCUT2D eigenvalue weighted by molar-refractivity contribution is 5.21. The Labute approximate surface area is 124 Å². The summed E-state index contributed by atoms with van der Waals surface area (Å²) < 4.78 is 28.7. The lowest BCUT2D eigenvalue weighted by molar-refractivity contribution is 0.483. The molecule has 1 N–H and O–H groups in total. The molecule has 0 aliphatic rings. The zero-order valence-corrected chi connectivity index (χ0v) is 12.7. The number of hydrogen-bond acceptors (Lipinski definition) is 2. The van der Waals surface area contributed by atoms with Gasteiger partial charge in [0.05, 0.1) is 5.69 Å². The highest BCUT2D eigenvalue weighted by atomic mass is 19.1. The molecule has 1 unspecified atom stereocenters. The van der Waals surface area contributed by atoms with E-state index in [4.69, 9.17) is 0 Å². The van der Waals surface area contributed by atoms with Crippen molar-refractivity contribution in [2.75, 3.05) is 6.54 Å². The maximum absolute atomic E-state index is 13.6. The molecule has 21 heavy (non-hydrogen) atoms. The number of halogens is 2. The number of aromatic nitrogens is 2. The van der Waals surface area contributed by atoms with Crippen LogP contribution in [-0.2, 0) is 6.54 Å². The van der Waals surface area contributed by atoms with Crippen molar-refractivity contribution < 1.29 is 8.78 Å². The van der Waals surface area contributed by atoms with Gasteiger partial charge in [0.25, 0.3) is 0 Å². The molecule has 0 amide bonds. The minimum absolute atomic E-state index is 0.221. The van der Waals surface area contributed by atoms with Crippen molar-refractivity contribution in [3.05, 3.63) is 52.9 Å². The third kappa shape index (κ3) is 4.11. The summed E-state index contributed by atoms with van der Waals surface area (Å²) in [7, 11) is 0. The smallest absolute Gasteiger partial charge is 0.128 e. The van der Waals surface area contributed by atoms with Gasteiger partial charge in [0.15, 0.2) is 0 Å². The Balaban J connectivity index is 1.83. The van der Waals surface area contributed by atoms with Crippen LogP contribution in [0.3, 0.4) is 0 Å². The summed E-state index contributed by atoms with van der Waals surface area (Å²) in [6.45, 7) is 7.36. The van der Waals surface area contributed by atoms with Gasteiger partial charge in [-0.2, -0.15) is 5.10 Å². The lowest BCUT2D eigenvalue weighted by Gasteiger charge is -2.15. The summed E-state index contributed by atoms with van der Waals surface area (Å²) in [5.74, 6) is -0.794. The Morgan fingerprint density at radius 1 is 1.24 bits per heavy atom. The van der Waals surface area contributed by atoms with E-state index in [0.717, 1.165) is 37.0 Å². The maximum Gasteiger partial charge on any atom is 0.128 e. The van der Waals surface area contributed by atoms with Crippen LogP contribution in [0.25, 0.3) is 0 Å². The van der Waals surface area contributed by atoms with Crippen molar-refractivity contribution >= 4 is 0 Å². The van der Waals surface area contributed by atoms with Gasteiger partial charge < -0.3 is 5.32 Å². The van der Waals surface area contributed by atoms with E-state index < -0.39 is 5.82 Å². The van der Waals surface area contributed by atoms with E-state index in [9.17, 15) is 8.78 Å². The van der Waals surface area contributed by atoms with Crippen molar-refractivity contribution in [2.45, 2.75) is 39.8 Å². The monoisotopic (exact) mass is 293 g/mol. The fraction of sp³-hybridized carbons (Fsp3) is 0.438. The largest absolute Gasteiger partial charge is 0.310 e. The highest BCUT2D eigenvalue weighted by Crippen LogP contribution is 2.17. The van der Waals surface area contributed by atoms with Crippen molar-refractivity contribution in [2.24, 2.45) is 0 Å². The molecule has 0 spiro atoms. The summed E-state index contributed by atoms with van der Waals surface area (Å²) in [5.41, 5.74) is 2.51. The first-order valence-corrected chi connectivity index (χ1v) is 7.17. The van der Waals surface area contributed by atoms with Crippen LogP contribution in [-0.4, -0.2) is 16.3 Å². The van der Waals surface area contributed by atoms with Gasteiger partial charge in [0.2, 0.25) is 0 Å². The van der Waals surface area contributed by atoms with Crippen LogP contribution in [0.5, 0.6) is 0 Å². The van der Waals surface area contributed by atoms with E-state index in [1.54, 1.807) is 0 Å². The maximum atomic E-state index is 13.6. The molecule has 1 atom stereocenters. The molecule has 0 bridgehead atoms. The summed E-state index contributed by atoms with van der Waals surface area (Å²) in [4.78, 5) is 0. The molecule has 3 nitrogen and oxygen atoms in total. The zero-order valence-electron chi connectivity index (χ0n) is 12.7. The lowest BCUT2D eigenvalue weighted by atomic mass is 10.1. The van der Waals surface area contributed by atoms with Gasteiger partial charge in [0.1, 0.15) is 11.6 Å². The SMILES string of the molecule is Cc1cc(C)n(CCCNC(C)c2cc(F)ccc2F)n1. The second-order valence-electron chi connectivity index (χ2n) is 5.35. The molecule has 0 fully saturated rings. The molecule has 0 aliphatic heterocycles. The zero-order chi connectivity index (χ0) is 15.4. The van der Waals surface area contributed by atoms with Crippen molar-refractivity contribution in [3.8, 4) is 0 Å². The molecule has 0 saturated carbocycles. The van der Waals surface area contributed by atoms with Crippen LogP contribution in [0, 0.1) is 25.5 Å². The normalized spacial score (nSPS) is 12.6.